The number of nitrogens with zero attached hydrogens (tertiary/aromatic N) is 2. The van der Waals surface area contributed by atoms with Gasteiger partial charge in [-0.3, -0.25) is 9.59 Å². The Morgan fingerprint density at radius 3 is 2.00 bits per heavy atom. The third-order valence-electron chi connectivity index (χ3n) is 3.46. The molecular weight excluding hydrogens is 367 g/mol. The monoisotopic (exact) mass is 386 g/mol. The van der Waals surface area contributed by atoms with Gasteiger partial charge in [0.1, 0.15) is 0 Å². The molecule has 1 aromatic carbocycles. The molecule has 1 aromatic rings. The molecule has 0 atom stereocenters. The summed E-state index contributed by atoms with van der Waals surface area (Å²) in [5, 5.41) is 0. The molecule has 0 unspecified atom stereocenters. The van der Waals surface area contributed by atoms with Gasteiger partial charge in [-0.1, -0.05) is 13.8 Å². The van der Waals surface area contributed by atoms with Crippen molar-refractivity contribution in [2.24, 2.45) is 5.92 Å². The van der Waals surface area contributed by atoms with E-state index in [4.69, 9.17) is 0 Å². The van der Waals surface area contributed by atoms with Crippen LogP contribution in [0, 0.1) is 9.49 Å². The molecule has 2 rings (SSSR count). The van der Waals surface area contributed by atoms with Crippen LogP contribution < -0.4 is 0 Å². The van der Waals surface area contributed by atoms with Crippen LogP contribution in [-0.4, -0.2) is 47.8 Å². The van der Waals surface area contributed by atoms with Crippen molar-refractivity contribution in [1.29, 1.82) is 0 Å². The van der Waals surface area contributed by atoms with Crippen LogP contribution in [0.1, 0.15) is 24.2 Å². The van der Waals surface area contributed by atoms with Crippen molar-refractivity contribution in [1.82, 2.24) is 9.80 Å². The number of amides is 2. The first-order valence-electron chi connectivity index (χ1n) is 6.82. The fraction of sp³-hybridized carbons (Fsp3) is 0.467. The van der Waals surface area contributed by atoms with Crippen LogP contribution in [0.4, 0.5) is 0 Å². The van der Waals surface area contributed by atoms with E-state index in [0.29, 0.717) is 31.7 Å². The number of carbonyl (C=O) groups is 2. The van der Waals surface area contributed by atoms with Gasteiger partial charge in [0.05, 0.1) is 0 Å². The number of benzene rings is 1. The fourth-order valence-electron chi connectivity index (χ4n) is 2.27. The van der Waals surface area contributed by atoms with Gasteiger partial charge in [0.25, 0.3) is 5.91 Å². The molecule has 0 saturated carbocycles. The molecule has 0 spiro atoms. The summed E-state index contributed by atoms with van der Waals surface area (Å²) in [6.45, 7) is 6.31. The zero-order valence-corrected chi connectivity index (χ0v) is 14.0. The number of hydrogen-bond acceptors (Lipinski definition) is 2. The Hall–Kier alpha value is -1.11. The smallest absolute Gasteiger partial charge is 0.253 e. The summed E-state index contributed by atoms with van der Waals surface area (Å²) in [7, 11) is 0. The van der Waals surface area contributed by atoms with Gasteiger partial charge in [-0.2, -0.15) is 0 Å². The number of hydrogen-bond donors (Lipinski definition) is 0. The third-order valence-corrected chi connectivity index (χ3v) is 4.18. The van der Waals surface area contributed by atoms with Crippen LogP contribution in [0.3, 0.4) is 0 Å². The lowest BCUT2D eigenvalue weighted by atomic mass is 10.1. The molecule has 0 aliphatic carbocycles. The summed E-state index contributed by atoms with van der Waals surface area (Å²) in [6, 6.07) is 7.59. The molecule has 0 radical (unpaired) electrons. The summed E-state index contributed by atoms with van der Waals surface area (Å²) < 4.78 is 1.12. The van der Waals surface area contributed by atoms with Crippen LogP contribution in [-0.2, 0) is 4.79 Å². The molecule has 4 nitrogen and oxygen atoms in total. The highest BCUT2D eigenvalue weighted by atomic mass is 127. The van der Waals surface area contributed by atoms with Crippen LogP contribution in [0.25, 0.3) is 0 Å². The van der Waals surface area contributed by atoms with Gasteiger partial charge in [-0.15, -0.1) is 0 Å². The van der Waals surface area contributed by atoms with Gasteiger partial charge in [0, 0.05) is 41.2 Å². The molecule has 108 valence electrons. The number of halogens is 1. The normalized spacial score (nSPS) is 15.6. The van der Waals surface area contributed by atoms with Crippen molar-refractivity contribution in [3.8, 4) is 0 Å². The van der Waals surface area contributed by atoms with Crippen molar-refractivity contribution in [2.75, 3.05) is 26.2 Å². The lowest BCUT2D eigenvalue weighted by Crippen LogP contribution is -2.51. The van der Waals surface area contributed by atoms with Gasteiger partial charge < -0.3 is 9.80 Å². The number of rotatable bonds is 2. The minimum Gasteiger partial charge on any atom is -0.339 e. The molecule has 1 aliphatic heterocycles. The molecule has 0 N–H and O–H groups in total. The predicted molar refractivity (Wildman–Crippen MR) is 86.5 cm³/mol. The van der Waals surface area contributed by atoms with Crippen molar-refractivity contribution in [2.45, 2.75) is 13.8 Å². The minimum absolute atomic E-state index is 0.0217. The second-order valence-corrected chi connectivity index (χ2v) is 6.52. The Morgan fingerprint density at radius 1 is 1.00 bits per heavy atom. The van der Waals surface area contributed by atoms with Gasteiger partial charge in [0.2, 0.25) is 5.91 Å². The Kier molecular flexibility index (Phi) is 5.01. The Morgan fingerprint density at radius 2 is 1.50 bits per heavy atom. The Balaban J connectivity index is 1.95. The molecule has 2 amide bonds. The molecule has 0 bridgehead atoms. The van der Waals surface area contributed by atoms with Crippen LogP contribution in [0.2, 0.25) is 0 Å². The van der Waals surface area contributed by atoms with E-state index in [1.165, 1.54) is 0 Å². The first kappa shape index (κ1) is 15.3. The summed E-state index contributed by atoms with van der Waals surface area (Å²) in [4.78, 5) is 27.9. The molecule has 5 heteroatoms. The second kappa shape index (κ2) is 6.56. The molecule has 1 heterocycles. The van der Waals surface area contributed by atoms with Crippen LogP contribution in [0.15, 0.2) is 24.3 Å². The lowest BCUT2D eigenvalue weighted by Gasteiger charge is -2.35. The largest absolute Gasteiger partial charge is 0.339 e. The van der Waals surface area contributed by atoms with E-state index in [-0.39, 0.29) is 17.7 Å². The number of piperazine rings is 1. The zero-order chi connectivity index (χ0) is 14.7. The highest BCUT2D eigenvalue weighted by Gasteiger charge is 2.25. The first-order chi connectivity index (χ1) is 9.49. The third kappa shape index (κ3) is 3.50. The average Bonchev–Trinajstić information content (AvgIpc) is 2.46. The quantitative estimate of drug-likeness (QED) is 0.732. The number of carbonyl (C=O) groups excluding carboxylic acids is 2. The van der Waals surface area contributed by atoms with E-state index in [1.807, 2.05) is 47.9 Å². The van der Waals surface area contributed by atoms with Crippen LogP contribution >= 0.6 is 22.6 Å². The maximum atomic E-state index is 12.3. The highest BCUT2D eigenvalue weighted by molar-refractivity contribution is 14.1. The van der Waals surface area contributed by atoms with E-state index < -0.39 is 0 Å². The van der Waals surface area contributed by atoms with Crippen molar-refractivity contribution in [3.05, 3.63) is 33.4 Å². The predicted octanol–water partition coefficient (Wildman–Crippen LogP) is 2.23. The highest BCUT2D eigenvalue weighted by Crippen LogP contribution is 2.12. The maximum Gasteiger partial charge on any atom is 0.253 e. The summed E-state index contributed by atoms with van der Waals surface area (Å²) >= 11 is 2.22. The van der Waals surface area contributed by atoms with Gasteiger partial charge in [-0.05, 0) is 46.9 Å². The second-order valence-electron chi connectivity index (χ2n) is 5.28. The standard InChI is InChI=1S/C15H19IN2O2/c1-11(2)14(19)17-7-9-18(10-8-17)15(20)12-3-5-13(16)6-4-12/h3-6,11H,7-10H2,1-2H3. The van der Waals surface area contributed by atoms with E-state index in [9.17, 15) is 9.59 Å². The molecular formula is C15H19IN2O2. The summed E-state index contributed by atoms with van der Waals surface area (Å²) in [5.41, 5.74) is 0.717. The van der Waals surface area contributed by atoms with Gasteiger partial charge in [0.15, 0.2) is 0 Å². The van der Waals surface area contributed by atoms with Crippen molar-refractivity contribution >= 4 is 34.4 Å². The van der Waals surface area contributed by atoms with E-state index in [1.54, 1.807) is 0 Å². The maximum absolute atomic E-state index is 12.3. The van der Waals surface area contributed by atoms with E-state index >= 15 is 0 Å². The lowest BCUT2D eigenvalue weighted by molar-refractivity contribution is -0.135. The van der Waals surface area contributed by atoms with E-state index in [2.05, 4.69) is 22.6 Å². The first-order valence-corrected chi connectivity index (χ1v) is 7.90. The topological polar surface area (TPSA) is 40.6 Å². The molecule has 1 aliphatic rings. The molecule has 20 heavy (non-hydrogen) atoms. The van der Waals surface area contributed by atoms with Gasteiger partial charge in [-0.25, -0.2) is 0 Å². The van der Waals surface area contributed by atoms with Crippen molar-refractivity contribution < 1.29 is 9.59 Å². The zero-order valence-electron chi connectivity index (χ0n) is 11.8. The minimum atomic E-state index is 0.0217. The van der Waals surface area contributed by atoms with Crippen molar-refractivity contribution in [3.63, 3.8) is 0 Å². The fourth-order valence-corrected chi connectivity index (χ4v) is 2.63. The molecule has 1 saturated heterocycles. The average molecular weight is 386 g/mol. The van der Waals surface area contributed by atoms with Gasteiger partial charge >= 0.3 is 0 Å². The summed E-state index contributed by atoms with van der Waals surface area (Å²) in [6.07, 6.45) is 0. The molecule has 0 aromatic heterocycles. The SMILES string of the molecule is CC(C)C(=O)N1CCN(C(=O)c2ccc(I)cc2)CC1. The van der Waals surface area contributed by atoms with Crippen LogP contribution in [0.5, 0.6) is 0 Å². The molecule has 1 fully saturated rings. The van der Waals surface area contributed by atoms with E-state index in [0.717, 1.165) is 3.57 Å². The Labute approximate surface area is 133 Å². The summed E-state index contributed by atoms with van der Waals surface area (Å²) in [5.74, 6) is 0.248. The Bertz CT molecular complexity index is 491.